The highest BCUT2D eigenvalue weighted by atomic mass is 16.5. The SMILES string of the molecule is c1cnc(N2CCC[C@H](NCc3ccc4c(c3)CCO4)C2)nc1. The molecule has 1 atom stereocenters. The molecule has 2 aliphatic heterocycles. The Balaban J connectivity index is 1.35. The fourth-order valence-corrected chi connectivity index (χ4v) is 3.39. The summed E-state index contributed by atoms with van der Waals surface area (Å²) in [6, 6.07) is 8.89. The minimum absolute atomic E-state index is 0.483. The zero-order valence-electron chi connectivity index (χ0n) is 13.2. The smallest absolute Gasteiger partial charge is 0.225 e. The van der Waals surface area contributed by atoms with Crippen molar-refractivity contribution >= 4 is 5.95 Å². The molecule has 120 valence electrons. The van der Waals surface area contributed by atoms with Crippen LogP contribution in [0.25, 0.3) is 0 Å². The fraction of sp³-hybridized carbons (Fsp3) is 0.444. The summed E-state index contributed by atoms with van der Waals surface area (Å²) < 4.78 is 5.57. The number of rotatable bonds is 4. The minimum atomic E-state index is 0.483. The van der Waals surface area contributed by atoms with Crippen LogP contribution >= 0.6 is 0 Å². The van der Waals surface area contributed by atoms with Crippen molar-refractivity contribution in [1.82, 2.24) is 15.3 Å². The molecule has 2 aromatic rings. The first-order valence-electron chi connectivity index (χ1n) is 8.38. The summed E-state index contributed by atoms with van der Waals surface area (Å²) in [5, 5.41) is 3.69. The highest BCUT2D eigenvalue weighted by Crippen LogP contribution is 2.26. The van der Waals surface area contributed by atoms with Crippen LogP contribution in [-0.2, 0) is 13.0 Å². The van der Waals surface area contributed by atoms with Crippen molar-refractivity contribution in [3.63, 3.8) is 0 Å². The van der Waals surface area contributed by atoms with E-state index in [1.165, 1.54) is 24.0 Å². The van der Waals surface area contributed by atoms with E-state index >= 15 is 0 Å². The Kier molecular flexibility index (Phi) is 4.11. The fourth-order valence-electron chi connectivity index (χ4n) is 3.39. The monoisotopic (exact) mass is 310 g/mol. The second kappa shape index (κ2) is 6.54. The number of nitrogens with one attached hydrogen (secondary N) is 1. The second-order valence-electron chi connectivity index (χ2n) is 6.26. The van der Waals surface area contributed by atoms with E-state index in [4.69, 9.17) is 4.74 Å². The Morgan fingerprint density at radius 2 is 2.17 bits per heavy atom. The molecule has 0 unspecified atom stereocenters. The molecule has 0 aliphatic carbocycles. The van der Waals surface area contributed by atoms with E-state index in [0.717, 1.165) is 44.4 Å². The van der Waals surface area contributed by atoms with Crippen molar-refractivity contribution in [3.05, 3.63) is 47.8 Å². The van der Waals surface area contributed by atoms with E-state index in [1.54, 1.807) is 0 Å². The van der Waals surface area contributed by atoms with Gasteiger partial charge in [0.15, 0.2) is 0 Å². The molecule has 0 bridgehead atoms. The van der Waals surface area contributed by atoms with Gasteiger partial charge in [-0.3, -0.25) is 0 Å². The molecule has 5 nitrogen and oxygen atoms in total. The lowest BCUT2D eigenvalue weighted by Gasteiger charge is -2.33. The van der Waals surface area contributed by atoms with Gasteiger partial charge in [0.25, 0.3) is 0 Å². The average Bonchev–Trinajstić information content (AvgIpc) is 3.09. The van der Waals surface area contributed by atoms with E-state index in [1.807, 2.05) is 18.5 Å². The molecule has 1 aromatic carbocycles. The number of ether oxygens (including phenoxy) is 1. The van der Waals surface area contributed by atoms with Gasteiger partial charge in [-0.1, -0.05) is 12.1 Å². The molecule has 23 heavy (non-hydrogen) atoms. The summed E-state index contributed by atoms with van der Waals surface area (Å²) in [5.74, 6) is 1.90. The van der Waals surface area contributed by atoms with Gasteiger partial charge in [-0.15, -0.1) is 0 Å². The van der Waals surface area contributed by atoms with E-state index in [2.05, 4.69) is 38.4 Å². The number of fused-ring (bicyclic) bond motifs is 1. The highest BCUT2D eigenvalue weighted by Gasteiger charge is 2.21. The number of aromatic nitrogens is 2. The Bertz CT molecular complexity index is 661. The summed E-state index contributed by atoms with van der Waals surface area (Å²) in [7, 11) is 0. The lowest BCUT2D eigenvalue weighted by molar-refractivity contribution is 0.356. The lowest BCUT2D eigenvalue weighted by atomic mass is 10.0. The lowest BCUT2D eigenvalue weighted by Crippen LogP contribution is -2.46. The Labute approximate surface area is 136 Å². The first kappa shape index (κ1) is 14.5. The van der Waals surface area contributed by atoms with Crippen LogP contribution in [0, 0.1) is 0 Å². The zero-order valence-corrected chi connectivity index (χ0v) is 13.2. The molecule has 4 rings (SSSR count). The minimum Gasteiger partial charge on any atom is -0.493 e. The Hall–Kier alpha value is -2.14. The molecule has 0 saturated carbocycles. The van der Waals surface area contributed by atoms with E-state index < -0.39 is 0 Å². The van der Waals surface area contributed by atoms with Crippen molar-refractivity contribution in [1.29, 1.82) is 0 Å². The van der Waals surface area contributed by atoms with Crippen LogP contribution in [0.3, 0.4) is 0 Å². The topological polar surface area (TPSA) is 50.3 Å². The number of hydrogen-bond donors (Lipinski definition) is 1. The van der Waals surface area contributed by atoms with Crippen molar-refractivity contribution in [2.45, 2.75) is 31.8 Å². The summed E-state index contributed by atoms with van der Waals surface area (Å²) in [4.78, 5) is 11.0. The van der Waals surface area contributed by atoms with E-state index in [9.17, 15) is 0 Å². The van der Waals surface area contributed by atoms with Crippen molar-refractivity contribution in [2.75, 3.05) is 24.6 Å². The van der Waals surface area contributed by atoms with Gasteiger partial charge in [0.2, 0.25) is 5.95 Å². The van der Waals surface area contributed by atoms with Crippen molar-refractivity contribution in [3.8, 4) is 5.75 Å². The molecule has 1 saturated heterocycles. The maximum absolute atomic E-state index is 5.57. The maximum atomic E-state index is 5.57. The quantitative estimate of drug-likeness (QED) is 0.938. The molecule has 0 amide bonds. The van der Waals surface area contributed by atoms with Gasteiger partial charge in [-0.25, -0.2) is 9.97 Å². The molecule has 1 aromatic heterocycles. The van der Waals surface area contributed by atoms with Crippen LogP contribution in [0.1, 0.15) is 24.0 Å². The molecular weight excluding hydrogens is 288 g/mol. The maximum Gasteiger partial charge on any atom is 0.225 e. The third-order valence-corrected chi connectivity index (χ3v) is 4.61. The van der Waals surface area contributed by atoms with Crippen LogP contribution in [0.15, 0.2) is 36.7 Å². The molecule has 0 spiro atoms. The van der Waals surface area contributed by atoms with Crippen molar-refractivity contribution in [2.24, 2.45) is 0 Å². The average molecular weight is 310 g/mol. The van der Waals surface area contributed by atoms with Gasteiger partial charge in [0.05, 0.1) is 6.61 Å². The standard InChI is InChI=1S/C18H22N4O/c1-3-16(13-22(9-1)18-19-7-2-8-20-18)21-12-14-4-5-17-15(11-14)6-10-23-17/h2,4-5,7-8,11,16,21H,1,3,6,9-10,12-13H2/t16-/m0/s1. The predicted molar refractivity (Wildman–Crippen MR) is 89.7 cm³/mol. The summed E-state index contributed by atoms with van der Waals surface area (Å²) in [6.07, 6.45) is 7.04. The van der Waals surface area contributed by atoms with Gasteiger partial charge in [-0.2, -0.15) is 0 Å². The van der Waals surface area contributed by atoms with Gasteiger partial charge in [0.1, 0.15) is 5.75 Å². The summed E-state index contributed by atoms with van der Waals surface area (Å²) in [5.41, 5.74) is 2.68. The first-order chi connectivity index (χ1) is 11.4. The van der Waals surface area contributed by atoms with Gasteiger partial charge >= 0.3 is 0 Å². The third-order valence-electron chi connectivity index (χ3n) is 4.61. The number of nitrogens with zero attached hydrogens (tertiary/aromatic N) is 3. The van der Waals surface area contributed by atoms with Gasteiger partial charge < -0.3 is 15.0 Å². The zero-order chi connectivity index (χ0) is 15.5. The molecule has 1 N–H and O–H groups in total. The molecule has 0 radical (unpaired) electrons. The van der Waals surface area contributed by atoms with E-state index in [-0.39, 0.29) is 0 Å². The van der Waals surface area contributed by atoms with Crippen LogP contribution in [0.2, 0.25) is 0 Å². The molecular formula is C18H22N4O. The van der Waals surface area contributed by atoms with Gasteiger partial charge in [-0.05, 0) is 36.1 Å². The van der Waals surface area contributed by atoms with Crippen LogP contribution < -0.4 is 15.0 Å². The highest BCUT2D eigenvalue weighted by molar-refractivity contribution is 5.39. The third kappa shape index (κ3) is 3.29. The Morgan fingerprint density at radius 3 is 3.09 bits per heavy atom. The van der Waals surface area contributed by atoms with Crippen LogP contribution in [0.5, 0.6) is 5.75 Å². The van der Waals surface area contributed by atoms with Crippen LogP contribution in [-0.4, -0.2) is 35.7 Å². The summed E-state index contributed by atoms with van der Waals surface area (Å²) >= 11 is 0. The molecule has 1 fully saturated rings. The van der Waals surface area contributed by atoms with E-state index in [0.29, 0.717) is 6.04 Å². The molecule has 3 heterocycles. The molecule has 5 heteroatoms. The second-order valence-corrected chi connectivity index (χ2v) is 6.26. The number of hydrogen-bond acceptors (Lipinski definition) is 5. The normalized spacial score (nSPS) is 20.2. The Morgan fingerprint density at radius 1 is 1.26 bits per heavy atom. The van der Waals surface area contributed by atoms with Crippen LogP contribution in [0.4, 0.5) is 5.95 Å². The number of benzene rings is 1. The van der Waals surface area contributed by atoms with Gasteiger partial charge in [0, 0.05) is 44.5 Å². The molecule has 2 aliphatic rings. The largest absolute Gasteiger partial charge is 0.493 e. The number of anilines is 1. The summed E-state index contributed by atoms with van der Waals surface area (Å²) in [6.45, 7) is 3.73. The first-order valence-corrected chi connectivity index (χ1v) is 8.38. The number of piperidine rings is 1. The predicted octanol–water partition coefficient (Wildman–Crippen LogP) is 2.17. The van der Waals surface area contributed by atoms with Crippen molar-refractivity contribution < 1.29 is 4.74 Å².